The summed E-state index contributed by atoms with van der Waals surface area (Å²) in [6, 6.07) is 0.612. The first-order chi connectivity index (χ1) is 8.73. The minimum absolute atomic E-state index is 0.337. The van der Waals surface area contributed by atoms with E-state index in [0.29, 0.717) is 17.0 Å². The largest absolute Gasteiger partial charge is 0.310 e. The zero-order valence-electron chi connectivity index (χ0n) is 14.3. The van der Waals surface area contributed by atoms with Crippen LogP contribution in [0, 0.1) is 11.3 Å². The first-order valence-electron chi connectivity index (χ1n) is 8.21. The standard InChI is InChI=1S/C17H36N2/c1-8-10-14(3)11-19-12-15(16(4,5)6)18-13-17(19,7)9-2/h14-15,18H,8-13H2,1-7H3. The average Bonchev–Trinajstić information content (AvgIpc) is 2.31. The Hall–Kier alpha value is -0.0800. The van der Waals surface area contributed by atoms with Crippen molar-refractivity contribution in [3.8, 4) is 0 Å². The smallest absolute Gasteiger partial charge is 0.0304 e. The molecule has 0 radical (unpaired) electrons. The van der Waals surface area contributed by atoms with Crippen LogP contribution in [0.25, 0.3) is 0 Å². The molecule has 1 N–H and O–H groups in total. The number of nitrogens with one attached hydrogen (secondary N) is 1. The molecule has 1 rings (SSSR count). The van der Waals surface area contributed by atoms with Crippen LogP contribution < -0.4 is 5.32 Å². The molecule has 1 fully saturated rings. The number of rotatable bonds is 5. The van der Waals surface area contributed by atoms with Gasteiger partial charge in [0, 0.05) is 31.2 Å². The number of hydrogen-bond acceptors (Lipinski definition) is 2. The van der Waals surface area contributed by atoms with E-state index in [-0.39, 0.29) is 0 Å². The molecule has 1 saturated heterocycles. The molecule has 0 bridgehead atoms. The van der Waals surface area contributed by atoms with Crippen LogP contribution in [-0.2, 0) is 0 Å². The molecular formula is C17H36N2. The van der Waals surface area contributed by atoms with Gasteiger partial charge in [-0.15, -0.1) is 0 Å². The Kier molecular flexibility index (Phi) is 5.88. The van der Waals surface area contributed by atoms with Gasteiger partial charge in [0.1, 0.15) is 0 Å². The van der Waals surface area contributed by atoms with E-state index in [2.05, 4.69) is 58.7 Å². The van der Waals surface area contributed by atoms with Crippen molar-refractivity contribution in [3.05, 3.63) is 0 Å². The highest BCUT2D eigenvalue weighted by molar-refractivity contribution is 4.98. The summed E-state index contributed by atoms with van der Waals surface area (Å²) in [7, 11) is 0. The predicted octanol–water partition coefficient (Wildman–Crippen LogP) is 3.91. The monoisotopic (exact) mass is 268 g/mol. The lowest BCUT2D eigenvalue weighted by Crippen LogP contribution is -2.66. The van der Waals surface area contributed by atoms with E-state index in [4.69, 9.17) is 0 Å². The summed E-state index contributed by atoms with van der Waals surface area (Å²) in [5.41, 5.74) is 0.686. The van der Waals surface area contributed by atoms with Crippen LogP contribution in [-0.4, -0.2) is 36.1 Å². The zero-order valence-corrected chi connectivity index (χ0v) is 14.3. The van der Waals surface area contributed by atoms with Gasteiger partial charge in [-0.2, -0.15) is 0 Å². The van der Waals surface area contributed by atoms with Gasteiger partial charge in [0.25, 0.3) is 0 Å². The third kappa shape index (κ3) is 4.46. The molecular weight excluding hydrogens is 232 g/mol. The van der Waals surface area contributed by atoms with Crippen LogP contribution in [0.5, 0.6) is 0 Å². The Morgan fingerprint density at radius 1 is 1.32 bits per heavy atom. The molecule has 0 aromatic heterocycles. The second-order valence-electron chi connectivity index (χ2n) is 7.95. The Balaban J connectivity index is 2.74. The Morgan fingerprint density at radius 3 is 2.42 bits per heavy atom. The maximum absolute atomic E-state index is 3.79. The first kappa shape index (κ1) is 17.0. The summed E-state index contributed by atoms with van der Waals surface area (Å²) in [6.07, 6.45) is 3.89. The van der Waals surface area contributed by atoms with Crippen molar-refractivity contribution in [2.75, 3.05) is 19.6 Å². The van der Waals surface area contributed by atoms with Gasteiger partial charge in [-0.25, -0.2) is 0 Å². The molecule has 19 heavy (non-hydrogen) atoms. The fourth-order valence-electron chi connectivity index (χ4n) is 3.14. The van der Waals surface area contributed by atoms with Gasteiger partial charge in [-0.1, -0.05) is 48.0 Å². The first-order valence-corrected chi connectivity index (χ1v) is 8.21. The van der Waals surface area contributed by atoms with Gasteiger partial charge in [-0.3, -0.25) is 4.90 Å². The van der Waals surface area contributed by atoms with Crippen molar-refractivity contribution in [2.45, 2.75) is 79.3 Å². The van der Waals surface area contributed by atoms with E-state index < -0.39 is 0 Å². The number of nitrogens with zero attached hydrogens (tertiary/aromatic N) is 1. The summed E-state index contributed by atoms with van der Waals surface area (Å²) in [5, 5.41) is 3.79. The van der Waals surface area contributed by atoms with Gasteiger partial charge in [-0.05, 0) is 31.1 Å². The van der Waals surface area contributed by atoms with E-state index in [0.717, 1.165) is 12.5 Å². The molecule has 0 aliphatic carbocycles. The van der Waals surface area contributed by atoms with Crippen molar-refractivity contribution < 1.29 is 0 Å². The Bertz CT molecular complexity index is 269. The molecule has 1 heterocycles. The Morgan fingerprint density at radius 2 is 1.95 bits per heavy atom. The quantitative estimate of drug-likeness (QED) is 0.813. The van der Waals surface area contributed by atoms with Crippen LogP contribution in [0.15, 0.2) is 0 Å². The van der Waals surface area contributed by atoms with Crippen molar-refractivity contribution in [1.29, 1.82) is 0 Å². The van der Waals surface area contributed by atoms with E-state index >= 15 is 0 Å². The maximum atomic E-state index is 3.79. The van der Waals surface area contributed by atoms with Crippen LogP contribution in [0.1, 0.15) is 67.7 Å². The fraction of sp³-hybridized carbons (Fsp3) is 1.00. The topological polar surface area (TPSA) is 15.3 Å². The van der Waals surface area contributed by atoms with Crippen LogP contribution >= 0.6 is 0 Å². The summed E-state index contributed by atoms with van der Waals surface area (Å²) in [6.45, 7) is 20.1. The van der Waals surface area contributed by atoms with Crippen molar-refractivity contribution >= 4 is 0 Å². The average molecular weight is 268 g/mol. The fourth-order valence-corrected chi connectivity index (χ4v) is 3.14. The number of hydrogen-bond donors (Lipinski definition) is 1. The van der Waals surface area contributed by atoms with E-state index in [9.17, 15) is 0 Å². The lowest BCUT2D eigenvalue weighted by atomic mass is 9.81. The molecule has 0 amide bonds. The predicted molar refractivity (Wildman–Crippen MR) is 85.6 cm³/mol. The summed E-state index contributed by atoms with van der Waals surface area (Å²) >= 11 is 0. The lowest BCUT2D eigenvalue weighted by Gasteiger charge is -2.51. The summed E-state index contributed by atoms with van der Waals surface area (Å²) in [5.74, 6) is 0.814. The van der Waals surface area contributed by atoms with Gasteiger partial charge in [0.15, 0.2) is 0 Å². The molecule has 0 spiro atoms. The highest BCUT2D eigenvalue weighted by atomic mass is 15.3. The molecule has 1 aliphatic heterocycles. The lowest BCUT2D eigenvalue weighted by molar-refractivity contribution is 0.0116. The van der Waals surface area contributed by atoms with Crippen LogP contribution in [0.2, 0.25) is 0 Å². The second-order valence-corrected chi connectivity index (χ2v) is 7.95. The molecule has 114 valence electrons. The van der Waals surface area contributed by atoms with Gasteiger partial charge in [0.2, 0.25) is 0 Å². The van der Waals surface area contributed by atoms with Crippen LogP contribution in [0.4, 0.5) is 0 Å². The van der Waals surface area contributed by atoms with Crippen LogP contribution in [0.3, 0.4) is 0 Å². The van der Waals surface area contributed by atoms with Gasteiger partial charge >= 0.3 is 0 Å². The van der Waals surface area contributed by atoms with E-state index in [1.54, 1.807) is 0 Å². The molecule has 2 heteroatoms. The van der Waals surface area contributed by atoms with Crippen molar-refractivity contribution in [1.82, 2.24) is 10.2 Å². The molecule has 0 aromatic carbocycles. The third-order valence-electron chi connectivity index (χ3n) is 5.02. The van der Waals surface area contributed by atoms with Crippen molar-refractivity contribution in [3.63, 3.8) is 0 Å². The SMILES string of the molecule is CCCC(C)CN1CC(C(C)(C)C)NCC1(C)CC. The molecule has 3 unspecified atom stereocenters. The molecule has 3 atom stereocenters. The second kappa shape index (κ2) is 6.58. The van der Waals surface area contributed by atoms with E-state index in [1.807, 2.05) is 0 Å². The third-order valence-corrected chi connectivity index (χ3v) is 5.02. The van der Waals surface area contributed by atoms with Crippen molar-refractivity contribution in [2.24, 2.45) is 11.3 Å². The summed E-state index contributed by atoms with van der Waals surface area (Å²) in [4.78, 5) is 2.76. The molecule has 0 saturated carbocycles. The normalized spacial score (nSPS) is 31.4. The molecule has 2 nitrogen and oxygen atoms in total. The minimum atomic E-state index is 0.337. The van der Waals surface area contributed by atoms with Gasteiger partial charge in [0.05, 0.1) is 0 Å². The zero-order chi connectivity index (χ0) is 14.7. The van der Waals surface area contributed by atoms with Gasteiger partial charge < -0.3 is 5.32 Å². The highest BCUT2D eigenvalue weighted by Gasteiger charge is 2.40. The molecule has 0 aromatic rings. The summed E-state index contributed by atoms with van der Waals surface area (Å²) < 4.78 is 0. The van der Waals surface area contributed by atoms with E-state index in [1.165, 1.54) is 32.4 Å². The minimum Gasteiger partial charge on any atom is -0.310 e. The highest BCUT2D eigenvalue weighted by Crippen LogP contribution is 2.30. The molecule has 1 aliphatic rings. The Labute approximate surface area is 121 Å². The maximum Gasteiger partial charge on any atom is 0.0304 e. The number of piperazine rings is 1.